The molecule has 0 spiro atoms. The predicted octanol–water partition coefficient (Wildman–Crippen LogP) is 3.31. The summed E-state index contributed by atoms with van der Waals surface area (Å²) >= 11 is 0. The summed E-state index contributed by atoms with van der Waals surface area (Å²) in [6.45, 7) is 1.48. The van der Waals surface area contributed by atoms with E-state index in [2.05, 4.69) is 20.5 Å². The summed E-state index contributed by atoms with van der Waals surface area (Å²) in [7, 11) is 0. The van der Waals surface area contributed by atoms with Crippen LogP contribution in [0.2, 0.25) is 0 Å². The molecule has 2 aromatic heterocycles. The van der Waals surface area contributed by atoms with Gasteiger partial charge in [0.15, 0.2) is 5.82 Å². The number of fused-ring (bicyclic) bond motifs is 1. The second kappa shape index (κ2) is 7.51. The quantitative estimate of drug-likeness (QED) is 0.630. The van der Waals surface area contributed by atoms with Gasteiger partial charge in [-0.05, 0) is 43.9 Å². The zero-order chi connectivity index (χ0) is 19.8. The molecule has 3 N–H and O–H groups in total. The number of ether oxygens (including phenoxy) is 1. The Morgan fingerprint density at radius 3 is 2.83 bits per heavy atom. The lowest BCUT2D eigenvalue weighted by Crippen LogP contribution is -2.20. The van der Waals surface area contributed by atoms with Gasteiger partial charge in [-0.3, -0.25) is 14.5 Å². The number of benzene rings is 1. The maximum atomic E-state index is 12.7. The minimum absolute atomic E-state index is 0.101. The fourth-order valence-corrected chi connectivity index (χ4v) is 4.58. The van der Waals surface area contributed by atoms with Crippen LogP contribution in [0.4, 0.5) is 5.82 Å². The summed E-state index contributed by atoms with van der Waals surface area (Å²) < 4.78 is 7.36. The van der Waals surface area contributed by atoms with Gasteiger partial charge in [0, 0.05) is 35.9 Å². The Labute approximate surface area is 167 Å². The molecular weight excluding hydrogens is 370 g/mol. The number of nitrogens with one attached hydrogen (secondary N) is 3. The van der Waals surface area contributed by atoms with E-state index in [0.717, 1.165) is 56.3 Å². The molecule has 0 radical (unpaired) electrons. The summed E-state index contributed by atoms with van der Waals surface area (Å²) in [5.41, 5.74) is 2.92. The molecule has 1 unspecified atom stereocenters. The number of carbonyl (C=O) groups excluding carboxylic acids is 1. The molecule has 5 rings (SSSR count). The predicted molar refractivity (Wildman–Crippen MR) is 109 cm³/mol. The van der Waals surface area contributed by atoms with Crippen LogP contribution in [0.3, 0.4) is 0 Å². The van der Waals surface area contributed by atoms with Crippen LogP contribution in [0, 0.1) is 0 Å². The SMILES string of the molecule is O=C(Nc1cc(C2CCCOC2)[nH]n1)c1ccc2c(c1)[nH]c(=O)n2C1CCCC1. The molecule has 8 nitrogen and oxygen atoms in total. The van der Waals surface area contributed by atoms with Crippen LogP contribution >= 0.6 is 0 Å². The van der Waals surface area contributed by atoms with E-state index in [1.807, 2.05) is 16.7 Å². The van der Waals surface area contributed by atoms with Crippen molar-refractivity contribution in [2.24, 2.45) is 0 Å². The van der Waals surface area contributed by atoms with Gasteiger partial charge in [0.2, 0.25) is 0 Å². The van der Waals surface area contributed by atoms with Gasteiger partial charge in [0.05, 0.1) is 17.6 Å². The molecule has 29 heavy (non-hydrogen) atoms. The van der Waals surface area contributed by atoms with E-state index in [1.54, 1.807) is 12.1 Å². The van der Waals surface area contributed by atoms with E-state index in [4.69, 9.17) is 4.74 Å². The molecule has 3 heterocycles. The summed E-state index contributed by atoms with van der Waals surface area (Å²) in [5.74, 6) is 0.533. The number of imidazole rings is 1. The summed E-state index contributed by atoms with van der Waals surface area (Å²) in [6.07, 6.45) is 6.46. The standard InChI is InChI=1S/C21H25N5O3/c27-20(23-19-11-16(24-25-19)14-4-3-9-29-12-14)13-7-8-18-17(10-13)22-21(28)26(18)15-5-1-2-6-15/h7-8,10-11,14-15H,1-6,9,12H2,(H,22,28)(H2,23,24,25,27). The Bertz CT molecular complexity index is 1080. The van der Waals surface area contributed by atoms with Gasteiger partial charge in [0.25, 0.3) is 5.91 Å². The van der Waals surface area contributed by atoms with Gasteiger partial charge < -0.3 is 15.0 Å². The molecule has 2 aliphatic rings. The highest BCUT2D eigenvalue weighted by atomic mass is 16.5. The van der Waals surface area contributed by atoms with Crippen LogP contribution in [-0.2, 0) is 4.74 Å². The van der Waals surface area contributed by atoms with Crippen molar-refractivity contribution in [3.05, 3.63) is 46.0 Å². The number of rotatable bonds is 4. The molecule has 1 aliphatic heterocycles. The van der Waals surface area contributed by atoms with Gasteiger partial charge in [-0.1, -0.05) is 12.8 Å². The Morgan fingerprint density at radius 1 is 1.17 bits per heavy atom. The molecule has 2 fully saturated rings. The number of aromatic amines is 2. The molecule has 8 heteroatoms. The number of amides is 1. The van der Waals surface area contributed by atoms with Crippen LogP contribution in [-0.4, -0.2) is 38.9 Å². The molecule has 1 amide bonds. The molecular formula is C21H25N5O3. The fourth-order valence-electron chi connectivity index (χ4n) is 4.58. The largest absolute Gasteiger partial charge is 0.381 e. The minimum Gasteiger partial charge on any atom is -0.381 e. The lowest BCUT2D eigenvalue weighted by molar-refractivity contribution is 0.0793. The molecule has 1 atom stereocenters. The van der Waals surface area contributed by atoms with Crippen molar-refractivity contribution < 1.29 is 9.53 Å². The van der Waals surface area contributed by atoms with Crippen molar-refractivity contribution in [2.45, 2.75) is 50.5 Å². The highest BCUT2D eigenvalue weighted by Crippen LogP contribution is 2.31. The monoisotopic (exact) mass is 395 g/mol. The second-order valence-corrected chi connectivity index (χ2v) is 8.05. The van der Waals surface area contributed by atoms with Crippen molar-refractivity contribution in [1.82, 2.24) is 19.7 Å². The maximum absolute atomic E-state index is 12.7. The first-order valence-corrected chi connectivity index (χ1v) is 10.4. The molecule has 152 valence electrons. The van der Waals surface area contributed by atoms with E-state index >= 15 is 0 Å². The molecule has 0 bridgehead atoms. The van der Waals surface area contributed by atoms with Gasteiger partial charge in [-0.25, -0.2) is 4.79 Å². The number of hydrogen-bond donors (Lipinski definition) is 3. The third kappa shape index (κ3) is 3.48. The van der Waals surface area contributed by atoms with Crippen LogP contribution < -0.4 is 11.0 Å². The van der Waals surface area contributed by atoms with Crippen LogP contribution in [0.15, 0.2) is 29.1 Å². The van der Waals surface area contributed by atoms with E-state index in [0.29, 0.717) is 29.4 Å². The maximum Gasteiger partial charge on any atom is 0.326 e. The Morgan fingerprint density at radius 2 is 2.03 bits per heavy atom. The van der Waals surface area contributed by atoms with Crippen molar-refractivity contribution in [3.8, 4) is 0 Å². The molecule has 1 aromatic carbocycles. The lowest BCUT2D eigenvalue weighted by Gasteiger charge is -2.20. The summed E-state index contributed by atoms with van der Waals surface area (Å²) in [6, 6.07) is 7.48. The smallest absolute Gasteiger partial charge is 0.326 e. The zero-order valence-corrected chi connectivity index (χ0v) is 16.2. The molecule has 1 saturated carbocycles. The molecule has 1 aliphatic carbocycles. The highest BCUT2D eigenvalue weighted by molar-refractivity contribution is 6.05. The normalized spacial score (nSPS) is 20.3. The average molecular weight is 395 g/mol. The van der Waals surface area contributed by atoms with E-state index in [9.17, 15) is 9.59 Å². The van der Waals surface area contributed by atoms with Crippen LogP contribution in [0.1, 0.15) is 66.5 Å². The number of aromatic nitrogens is 4. The molecule has 1 saturated heterocycles. The number of nitrogens with zero attached hydrogens (tertiary/aromatic N) is 2. The zero-order valence-electron chi connectivity index (χ0n) is 16.2. The number of anilines is 1. The van der Waals surface area contributed by atoms with E-state index < -0.39 is 0 Å². The van der Waals surface area contributed by atoms with Gasteiger partial charge in [-0.15, -0.1) is 0 Å². The highest BCUT2D eigenvalue weighted by Gasteiger charge is 2.22. The average Bonchev–Trinajstić information content (AvgIpc) is 3.47. The van der Waals surface area contributed by atoms with Gasteiger partial charge in [-0.2, -0.15) is 5.10 Å². The number of carbonyl (C=O) groups is 1. The van der Waals surface area contributed by atoms with E-state index in [-0.39, 0.29) is 17.6 Å². The second-order valence-electron chi connectivity index (χ2n) is 8.05. The van der Waals surface area contributed by atoms with Gasteiger partial charge in [0.1, 0.15) is 0 Å². The Kier molecular flexibility index (Phi) is 4.71. The summed E-state index contributed by atoms with van der Waals surface area (Å²) in [5, 5.41) is 10.1. The number of hydrogen-bond acceptors (Lipinski definition) is 4. The van der Waals surface area contributed by atoms with Crippen molar-refractivity contribution in [1.29, 1.82) is 0 Å². The Balaban J connectivity index is 1.35. The fraction of sp³-hybridized carbons (Fsp3) is 0.476. The lowest BCUT2D eigenvalue weighted by atomic mass is 9.99. The molecule has 3 aromatic rings. The van der Waals surface area contributed by atoms with Crippen molar-refractivity contribution >= 4 is 22.8 Å². The van der Waals surface area contributed by atoms with Crippen molar-refractivity contribution in [2.75, 3.05) is 18.5 Å². The third-order valence-electron chi connectivity index (χ3n) is 6.11. The van der Waals surface area contributed by atoms with Crippen LogP contribution in [0.25, 0.3) is 11.0 Å². The van der Waals surface area contributed by atoms with Crippen LogP contribution in [0.5, 0.6) is 0 Å². The topological polar surface area (TPSA) is 105 Å². The van der Waals surface area contributed by atoms with Crippen molar-refractivity contribution in [3.63, 3.8) is 0 Å². The first-order valence-electron chi connectivity index (χ1n) is 10.4. The van der Waals surface area contributed by atoms with E-state index in [1.165, 1.54) is 0 Å². The third-order valence-corrected chi connectivity index (χ3v) is 6.11. The Hall–Kier alpha value is -2.87. The van der Waals surface area contributed by atoms with Gasteiger partial charge >= 0.3 is 5.69 Å². The summed E-state index contributed by atoms with van der Waals surface area (Å²) in [4.78, 5) is 28.0. The first kappa shape index (κ1) is 18.2. The number of H-pyrrole nitrogens is 2. The first-order chi connectivity index (χ1) is 14.2. The minimum atomic E-state index is -0.251.